The molecule has 21 heavy (non-hydrogen) atoms. The molecule has 2 rings (SSSR count). The van der Waals surface area contributed by atoms with Crippen LogP contribution in [0.1, 0.15) is 25.8 Å². The summed E-state index contributed by atoms with van der Waals surface area (Å²) >= 11 is 6.12. The van der Waals surface area contributed by atoms with Crippen LogP contribution >= 0.6 is 11.6 Å². The number of nitrogens with zero attached hydrogens (tertiary/aromatic N) is 1. The molecule has 1 aromatic rings. The lowest BCUT2D eigenvalue weighted by molar-refractivity contribution is -0.128. The molecule has 0 bridgehead atoms. The maximum Gasteiger partial charge on any atom is 0.227 e. The quantitative estimate of drug-likeness (QED) is 0.878. The van der Waals surface area contributed by atoms with E-state index < -0.39 is 0 Å². The van der Waals surface area contributed by atoms with E-state index >= 15 is 0 Å². The van der Waals surface area contributed by atoms with Crippen molar-refractivity contribution in [2.75, 3.05) is 31.6 Å². The van der Waals surface area contributed by atoms with Crippen molar-refractivity contribution in [2.24, 2.45) is 5.41 Å². The second-order valence-corrected chi connectivity index (χ2v) is 6.30. The molecular weight excluding hydrogens is 286 g/mol. The molecule has 1 aliphatic heterocycles. The summed E-state index contributed by atoms with van der Waals surface area (Å²) in [4.78, 5) is 14.3. The second-order valence-electron chi connectivity index (χ2n) is 5.86. The zero-order valence-corrected chi connectivity index (χ0v) is 13.8. The van der Waals surface area contributed by atoms with Gasteiger partial charge in [-0.05, 0) is 43.7 Å². The van der Waals surface area contributed by atoms with Crippen molar-refractivity contribution in [1.29, 1.82) is 0 Å². The van der Waals surface area contributed by atoms with E-state index in [9.17, 15) is 4.79 Å². The predicted molar refractivity (Wildman–Crippen MR) is 87.8 cm³/mol. The van der Waals surface area contributed by atoms with Crippen molar-refractivity contribution >= 4 is 23.2 Å². The maximum atomic E-state index is 12.1. The first kappa shape index (κ1) is 16.1. The number of carbonyl (C=O) groups excluding carboxylic acids is 1. The summed E-state index contributed by atoms with van der Waals surface area (Å²) in [5.74, 6) is 0.118. The summed E-state index contributed by atoms with van der Waals surface area (Å²) in [7, 11) is 1.70. The number of carbonyl (C=O) groups is 1. The molecule has 5 heteroatoms. The Morgan fingerprint density at radius 1 is 1.48 bits per heavy atom. The van der Waals surface area contributed by atoms with Gasteiger partial charge in [0, 0.05) is 37.4 Å². The topological polar surface area (TPSA) is 44.4 Å². The fourth-order valence-corrected chi connectivity index (χ4v) is 3.11. The van der Waals surface area contributed by atoms with Crippen molar-refractivity contribution in [3.63, 3.8) is 0 Å². The Morgan fingerprint density at radius 2 is 2.24 bits per heavy atom. The lowest BCUT2D eigenvalue weighted by Crippen LogP contribution is -2.39. The van der Waals surface area contributed by atoms with Gasteiger partial charge in [0.05, 0.1) is 5.41 Å². The van der Waals surface area contributed by atoms with Crippen molar-refractivity contribution in [1.82, 2.24) is 10.6 Å². The number of benzene rings is 1. The van der Waals surface area contributed by atoms with Gasteiger partial charge in [-0.1, -0.05) is 18.5 Å². The molecule has 1 heterocycles. The average Bonchev–Trinajstić information content (AvgIpc) is 2.88. The molecule has 0 saturated carbocycles. The van der Waals surface area contributed by atoms with Crippen LogP contribution < -0.4 is 15.5 Å². The molecule has 0 aromatic heterocycles. The number of amides is 1. The van der Waals surface area contributed by atoms with Gasteiger partial charge < -0.3 is 15.5 Å². The molecular formula is C16H24ClN3O. The first-order chi connectivity index (χ1) is 10.00. The van der Waals surface area contributed by atoms with Gasteiger partial charge in [-0.25, -0.2) is 0 Å². The van der Waals surface area contributed by atoms with Gasteiger partial charge in [-0.2, -0.15) is 0 Å². The SMILES string of the molecule is CCNCc1cc(Cl)ccc1N1CCC(C)(C(=O)NC)C1. The lowest BCUT2D eigenvalue weighted by atomic mass is 9.89. The van der Waals surface area contributed by atoms with Gasteiger partial charge in [-0.3, -0.25) is 4.79 Å². The van der Waals surface area contributed by atoms with Crippen LogP contribution in [0.15, 0.2) is 18.2 Å². The number of hydrogen-bond donors (Lipinski definition) is 2. The van der Waals surface area contributed by atoms with Crippen LogP contribution in [0.4, 0.5) is 5.69 Å². The molecule has 2 N–H and O–H groups in total. The zero-order chi connectivity index (χ0) is 15.5. The second kappa shape index (κ2) is 6.67. The van der Waals surface area contributed by atoms with E-state index in [0.717, 1.165) is 37.6 Å². The van der Waals surface area contributed by atoms with E-state index in [1.165, 1.54) is 11.3 Å². The molecule has 116 valence electrons. The van der Waals surface area contributed by atoms with Crippen LogP contribution in [-0.2, 0) is 11.3 Å². The van der Waals surface area contributed by atoms with Crippen LogP contribution in [-0.4, -0.2) is 32.6 Å². The molecule has 0 spiro atoms. The zero-order valence-electron chi connectivity index (χ0n) is 13.0. The molecule has 1 amide bonds. The van der Waals surface area contributed by atoms with Gasteiger partial charge in [0.1, 0.15) is 0 Å². The minimum atomic E-state index is -0.316. The highest BCUT2D eigenvalue weighted by Crippen LogP contribution is 2.35. The van der Waals surface area contributed by atoms with E-state index in [0.29, 0.717) is 0 Å². The van der Waals surface area contributed by atoms with E-state index in [2.05, 4.69) is 28.5 Å². The van der Waals surface area contributed by atoms with Crippen LogP contribution in [0.3, 0.4) is 0 Å². The molecule has 4 nitrogen and oxygen atoms in total. The van der Waals surface area contributed by atoms with Crippen LogP contribution in [0.2, 0.25) is 5.02 Å². The molecule has 0 radical (unpaired) electrons. The van der Waals surface area contributed by atoms with Crippen molar-refractivity contribution < 1.29 is 4.79 Å². The summed E-state index contributed by atoms with van der Waals surface area (Å²) in [6.45, 7) is 7.47. The predicted octanol–water partition coefficient (Wildman–Crippen LogP) is 2.41. The van der Waals surface area contributed by atoms with Gasteiger partial charge in [-0.15, -0.1) is 0 Å². The Bertz CT molecular complexity index is 520. The Labute approximate surface area is 131 Å². The van der Waals surface area contributed by atoms with Gasteiger partial charge in [0.2, 0.25) is 5.91 Å². The first-order valence-electron chi connectivity index (χ1n) is 7.46. The van der Waals surface area contributed by atoms with Gasteiger partial charge >= 0.3 is 0 Å². The monoisotopic (exact) mass is 309 g/mol. The minimum absolute atomic E-state index is 0.118. The van der Waals surface area contributed by atoms with Gasteiger partial charge in [0.15, 0.2) is 0 Å². The summed E-state index contributed by atoms with van der Waals surface area (Å²) in [6, 6.07) is 5.99. The van der Waals surface area contributed by atoms with Crippen LogP contribution in [0, 0.1) is 5.41 Å². The Hall–Kier alpha value is -1.26. The molecule has 1 fully saturated rings. The number of nitrogens with one attached hydrogen (secondary N) is 2. The summed E-state index contributed by atoms with van der Waals surface area (Å²) in [5, 5.41) is 6.87. The standard InChI is InChI=1S/C16H24ClN3O/c1-4-19-10-12-9-13(17)5-6-14(12)20-8-7-16(2,11-20)15(21)18-3/h5-6,9,19H,4,7-8,10-11H2,1-3H3,(H,18,21). The third-order valence-corrected chi connectivity index (χ3v) is 4.43. The van der Waals surface area contributed by atoms with Crippen molar-refractivity contribution in [3.05, 3.63) is 28.8 Å². The Balaban J connectivity index is 2.21. The normalized spacial score (nSPS) is 21.6. The minimum Gasteiger partial charge on any atom is -0.370 e. The number of halogens is 1. The van der Waals surface area contributed by atoms with Crippen molar-refractivity contribution in [3.8, 4) is 0 Å². The van der Waals surface area contributed by atoms with Crippen molar-refractivity contribution in [2.45, 2.75) is 26.8 Å². The summed E-state index contributed by atoms with van der Waals surface area (Å²) < 4.78 is 0. The molecule has 1 atom stereocenters. The van der Waals surface area contributed by atoms with Gasteiger partial charge in [0.25, 0.3) is 0 Å². The number of anilines is 1. The Kier molecular flexibility index (Phi) is 5.12. The molecule has 1 aromatic carbocycles. The maximum absolute atomic E-state index is 12.1. The fraction of sp³-hybridized carbons (Fsp3) is 0.562. The first-order valence-corrected chi connectivity index (χ1v) is 7.84. The molecule has 1 saturated heterocycles. The smallest absolute Gasteiger partial charge is 0.227 e. The summed E-state index contributed by atoms with van der Waals surface area (Å²) in [6.07, 6.45) is 0.871. The highest BCUT2D eigenvalue weighted by Gasteiger charge is 2.40. The number of hydrogen-bond acceptors (Lipinski definition) is 3. The van der Waals surface area contributed by atoms with E-state index in [1.54, 1.807) is 7.05 Å². The van der Waals surface area contributed by atoms with E-state index in [4.69, 9.17) is 11.6 Å². The Morgan fingerprint density at radius 3 is 2.90 bits per heavy atom. The third-order valence-electron chi connectivity index (χ3n) is 4.20. The fourth-order valence-electron chi connectivity index (χ4n) is 2.92. The van der Waals surface area contributed by atoms with E-state index in [1.807, 2.05) is 19.1 Å². The molecule has 0 aliphatic carbocycles. The highest BCUT2D eigenvalue weighted by molar-refractivity contribution is 6.30. The van der Waals surface area contributed by atoms with Crippen LogP contribution in [0.25, 0.3) is 0 Å². The van der Waals surface area contributed by atoms with E-state index in [-0.39, 0.29) is 11.3 Å². The third kappa shape index (κ3) is 3.50. The largest absolute Gasteiger partial charge is 0.370 e. The average molecular weight is 310 g/mol. The lowest BCUT2D eigenvalue weighted by Gasteiger charge is -2.26. The summed E-state index contributed by atoms with van der Waals surface area (Å²) in [5.41, 5.74) is 2.04. The molecule has 1 unspecified atom stereocenters. The molecule has 1 aliphatic rings. The number of rotatable bonds is 5. The highest BCUT2D eigenvalue weighted by atomic mass is 35.5. The van der Waals surface area contributed by atoms with Crippen LogP contribution in [0.5, 0.6) is 0 Å².